The van der Waals surface area contributed by atoms with Crippen molar-refractivity contribution < 1.29 is 24.1 Å². The monoisotopic (exact) mass is 260 g/mol. The SMILES string of the molecule is CCOCC(O)COC1CCC(C(=O)OC)CC1. The van der Waals surface area contributed by atoms with Crippen LogP contribution in [0.3, 0.4) is 0 Å². The molecule has 5 heteroatoms. The van der Waals surface area contributed by atoms with Gasteiger partial charge in [0.25, 0.3) is 0 Å². The van der Waals surface area contributed by atoms with E-state index in [2.05, 4.69) is 0 Å². The first-order chi connectivity index (χ1) is 8.67. The Labute approximate surface area is 108 Å². The Morgan fingerprint density at radius 3 is 2.50 bits per heavy atom. The van der Waals surface area contributed by atoms with Crippen molar-refractivity contribution in [3.63, 3.8) is 0 Å². The van der Waals surface area contributed by atoms with Gasteiger partial charge in [-0.3, -0.25) is 4.79 Å². The molecule has 18 heavy (non-hydrogen) atoms. The van der Waals surface area contributed by atoms with Gasteiger partial charge in [-0.15, -0.1) is 0 Å². The molecule has 0 heterocycles. The zero-order chi connectivity index (χ0) is 13.4. The number of aliphatic hydroxyl groups is 1. The third kappa shape index (κ3) is 5.33. The largest absolute Gasteiger partial charge is 0.469 e. The Bertz CT molecular complexity index is 236. The van der Waals surface area contributed by atoms with Crippen molar-refractivity contribution in [2.24, 2.45) is 5.92 Å². The maximum atomic E-state index is 11.3. The van der Waals surface area contributed by atoms with E-state index in [9.17, 15) is 9.90 Å². The molecule has 1 rings (SSSR count). The molecule has 0 aliphatic heterocycles. The van der Waals surface area contributed by atoms with E-state index in [-0.39, 0.29) is 18.0 Å². The van der Waals surface area contributed by atoms with Gasteiger partial charge in [0, 0.05) is 6.61 Å². The third-order valence-corrected chi connectivity index (χ3v) is 3.25. The zero-order valence-electron chi connectivity index (χ0n) is 11.3. The average Bonchev–Trinajstić information content (AvgIpc) is 2.42. The minimum absolute atomic E-state index is 0.0169. The van der Waals surface area contributed by atoms with Gasteiger partial charge < -0.3 is 19.3 Å². The van der Waals surface area contributed by atoms with Crippen LogP contribution in [-0.2, 0) is 19.0 Å². The van der Waals surface area contributed by atoms with Gasteiger partial charge in [-0.25, -0.2) is 0 Å². The van der Waals surface area contributed by atoms with E-state index in [4.69, 9.17) is 14.2 Å². The molecule has 1 fully saturated rings. The van der Waals surface area contributed by atoms with E-state index in [1.165, 1.54) is 7.11 Å². The number of hydrogen-bond acceptors (Lipinski definition) is 5. The van der Waals surface area contributed by atoms with Gasteiger partial charge in [0.05, 0.1) is 32.3 Å². The number of esters is 1. The topological polar surface area (TPSA) is 65.0 Å². The molecule has 0 bridgehead atoms. The van der Waals surface area contributed by atoms with Crippen LogP contribution in [0.4, 0.5) is 0 Å². The summed E-state index contributed by atoms with van der Waals surface area (Å²) in [7, 11) is 1.43. The highest BCUT2D eigenvalue weighted by Gasteiger charge is 2.27. The van der Waals surface area contributed by atoms with Gasteiger partial charge in [-0.2, -0.15) is 0 Å². The predicted octanol–water partition coefficient (Wildman–Crippen LogP) is 1.13. The van der Waals surface area contributed by atoms with Crippen LogP contribution >= 0.6 is 0 Å². The smallest absolute Gasteiger partial charge is 0.308 e. The lowest BCUT2D eigenvalue weighted by molar-refractivity contribution is -0.147. The van der Waals surface area contributed by atoms with E-state index >= 15 is 0 Å². The van der Waals surface area contributed by atoms with Gasteiger partial charge in [0.2, 0.25) is 0 Å². The van der Waals surface area contributed by atoms with Crippen molar-refractivity contribution in [1.82, 2.24) is 0 Å². The first kappa shape index (κ1) is 15.4. The maximum Gasteiger partial charge on any atom is 0.308 e. The third-order valence-electron chi connectivity index (χ3n) is 3.25. The summed E-state index contributed by atoms with van der Waals surface area (Å²) in [5.74, 6) is -0.104. The Morgan fingerprint density at radius 1 is 1.28 bits per heavy atom. The molecule has 5 nitrogen and oxygen atoms in total. The molecule has 1 atom stereocenters. The lowest BCUT2D eigenvalue weighted by Gasteiger charge is -2.27. The molecule has 1 N–H and O–H groups in total. The minimum Gasteiger partial charge on any atom is -0.469 e. The molecular formula is C13H24O5. The number of carbonyl (C=O) groups excluding carboxylic acids is 1. The van der Waals surface area contributed by atoms with Crippen LogP contribution in [0, 0.1) is 5.92 Å². The van der Waals surface area contributed by atoms with Crippen LogP contribution in [0.1, 0.15) is 32.6 Å². The number of rotatable bonds is 7. The van der Waals surface area contributed by atoms with Crippen LogP contribution in [0.2, 0.25) is 0 Å². The van der Waals surface area contributed by atoms with Crippen LogP contribution < -0.4 is 0 Å². The summed E-state index contributed by atoms with van der Waals surface area (Å²) >= 11 is 0. The number of aliphatic hydroxyl groups excluding tert-OH is 1. The van der Waals surface area contributed by atoms with Crippen LogP contribution in [-0.4, -0.2) is 50.2 Å². The molecule has 0 aromatic heterocycles. The fourth-order valence-electron chi connectivity index (χ4n) is 2.18. The van der Waals surface area contributed by atoms with Crippen molar-refractivity contribution in [2.45, 2.75) is 44.8 Å². The number of ether oxygens (including phenoxy) is 3. The van der Waals surface area contributed by atoms with E-state index in [1.54, 1.807) is 0 Å². The first-order valence-corrected chi connectivity index (χ1v) is 6.62. The van der Waals surface area contributed by atoms with Crippen molar-refractivity contribution >= 4 is 5.97 Å². The Balaban J connectivity index is 2.13. The van der Waals surface area contributed by atoms with Gasteiger partial charge in [-0.05, 0) is 32.6 Å². The summed E-state index contributed by atoms with van der Waals surface area (Å²) in [4.78, 5) is 11.3. The minimum atomic E-state index is -0.566. The summed E-state index contributed by atoms with van der Waals surface area (Å²) in [5, 5.41) is 9.57. The van der Waals surface area contributed by atoms with Gasteiger partial charge >= 0.3 is 5.97 Å². The maximum absolute atomic E-state index is 11.3. The van der Waals surface area contributed by atoms with Gasteiger partial charge in [-0.1, -0.05) is 0 Å². The van der Waals surface area contributed by atoms with Crippen LogP contribution in [0.5, 0.6) is 0 Å². The summed E-state index contributed by atoms with van der Waals surface area (Å²) in [6, 6.07) is 0. The van der Waals surface area contributed by atoms with E-state index in [1.807, 2.05) is 6.92 Å². The predicted molar refractivity (Wildman–Crippen MR) is 66.2 cm³/mol. The Hall–Kier alpha value is -0.650. The normalized spacial score (nSPS) is 25.7. The molecule has 1 saturated carbocycles. The first-order valence-electron chi connectivity index (χ1n) is 6.62. The van der Waals surface area contributed by atoms with Crippen LogP contribution in [0.15, 0.2) is 0 Å². The van der Waals surface area contributed by atoms with Crippen molar-refractivity contribution in [2.75, 3.05) is 26.9 Å². The van der Waals surface area contributed by atoms with Crippen molar-refractivity contribution in [3.05, 3.63) is 0 Å². The van der Waals surface area contributed by atoms with Crippen molar-refractivity contribution in [1.29, 1.82) is 0 Å². The fraction of sp³-hybridized carbons (Fsp3) is 0.923. The molecule has 0 aromatic rings. The molecule has 0 amide bonds. The van der Waals surface area contributed by atoms with Gasteiger partial charge in [0.1, 0.15) is 6.10 Å². The lowest BCUT2D eigenvalue weighted by Crippen LogP contribution is -2.30. The molecule has 1 unspecified atom stereocenters. The number of hydrogen-bond donors (Lipinski definition) is 1. The van der Waals surface area contributed by atoms with Gasteiger partial charge in [0.15, 0.2) is 0 Å². The molecule has 0 aromatic carbocycles. The fourth-order valence-corrected chi connectivity index (χ4v) is 2.18. The zero-order valence-corrected chi connectivity index (χ0v) is 11.3. The molecule has 1 aliphatic carbocycles. The summed E-state index contributed by atoms with van der Waals surface area (Å²) in [6.45, 7) is 3.10. The summed E-state index contributed by atoms with van der Waals surface area (Å²) in [5.41, 5.74) is 0. The standard InChI is InChI=1S/C13H24O5/c1-3-17-8-11(14)9-18-12-6-4-10(5-7-12)13(15)16-2/h10-12,14H,3-9H2,1-2H3. The number of methoxy groups -OCH3 is 1. The second kappa shape index (κ2) is 8.45. The van der Waals surface area contributed by atoms with E-state index in [0.29, 0.717) is 19.8 Å². The molecule has 1 aliphatic rings. The average molecular weight is 260 g/mol. The quantitative estimate of drug-likeness (QED) is 0.695. The molecular weight excluding hydrogens is 236 g/mol. The molecule has 0 spiro atoms. The van der Waals surface area contributed by atoms with Crippen molar-refractivity contribution in [3.8, 4) is 0 Å². The second-order valence-electron chi connectivity index (χ2n) is 4.64. The molecule has 106 valence electrons. The molecule has 0 radical (unpaired) electrons. The highest BCUT2D eigenvalue weighted by molar-refractivity contribution is 5.72. The highest BCUT2D eigenvalue weighted by atomic mass is 16.5. The summed E-state index contributed by atoms with van der Waals surface area (Å²) < 4.78 is 15.5. The Morgan fingerprint density at radius 2 is 1.94 bits per heavy atom. The van der Waals surface area contributed by atoms with E-state index < -0.39 is 6.10 Å². The number of carbonyl (C=O) groups is 1. The van der Waals surface area contributed by atoms with E-state index in [0.717, 1.165) is 25.7 Å². The highest BCUT2D eigenvalue weighted by Crippen LogP contribution is 2.27. The summed E-state index contributed by atoms with van der Waals surface area (Å²) in [6.07, 6.45) is 2.88. The Kier molecular flexibility index (Phi) is 7.23. The van der Waals surface area contributed by atoms with Crippen LogP contribution in [0.25, 0.3) is 0 Å². The second-order valence-corrected chi connectivity index (χ2v) is 4.64. The lowest BCUT2D eigenvalue weighted by atomic mass is 9.87. The molecule has 0 saturated heterocycles.